The second kappa shape index (κ2) is 8.68. The van der Waals surface area contributed by atoms with Crippen LogP contribution in [0.15, 0.2) is 24.3 Å². The molecular formula is C20H32N2O3. The molecule has 25 heavy (non-hydrogen) atoms. The number of aliphatic hydroxyl groups is 1. The van der Waals surface area contributed by atoms with Crippen LogP contribution in [0.5, 0.6) is 0 Å². The molecule has 2 rings (SSSR count). The number of carbonyl (C=O) groups is 1. The maximum absolute atomic E-state index is 12.0. The number of hydrogen-bond acceptors (Lipinski definition) is 4. The molecule has 0 saturated carbocycles. The van der Waals surface area contributed by atoms with Crippen molar-refractivity contribution in [1.29, 1.82) is 0 Å². The Bertz CT molecular complexity index is 551. The van der Waals surface area contributed by atoms with Crippen molar-refractivity contribution >= 4 is 6.09 Å². The second-order valence-electron chi connectivity index (χ2n) is 8.05. The zero-order valence-electron chi connectivity index (χ0n) is 15.9. The van der Waals surface area contributed by atoms with Crippen molar-refractivity contribution < 1.29 is 14.6 Å². The second-order valence-corrected chi connectivity index (χ2v) is 8.05. The van der Waals surface area contributed by atoms with Crippen LogP contribution in [0.2, 0.25) is 0 Å². The summed E-state index contributed by atoms with van der Waals surface area (Å²) >= 11 is 0. The summed E-state index contributed by atoms with van der Waals surface area (Å²) in [6, 6.07) is 8.21. The van der Waals surface area contributed by atoms with E-state index < -0.39 is 5.60 Å². The molecule has 0 aliphatic carbocycles. The maximum atomic E-state index is 12.0. The van der Waals surface area contributed by atoms with Gasteiger partial charge in [0.2, 0.25) is 0 Å². The van der Waals surface area contributed by atoms with Crippen LogP contribution in [0.3, 0.4) is 0 Å². The lowest BCUT2D eigenvalue weighted by molar-refractivity contribution is 0.0466. The average Bonchev–Trinajstić information content (AvgIpc) is 2.54. The van der Waals surface area contributed by atoms with Crippen LogP contribution in [0, 0.1) is 5.92 Å². The molecule has 2 atom stereocenters. The molecule has 0 bridgehead atoms. The third kappa shape index (κ3) is 6.67. The van der Waals surface area contributed by atoms with Crippen molar-refractivity contribution in [2.75, 3.05) is 13.1 Å². The van der Waals surface area contributed by atoms with E-state index in [9.17, 15) is 4.79 Å². The number of likely N-dealkylation sites (tertiary alicyclic amines) is 1. The van der Waals surface area contributed by atoms with E-state index >= 15 is 0 Å². The molecule has 5 nitrogen and oxygen atoms in total. The van der Waals surface area contributed by atoms with Crippen LogP contribution >= 0.6 is 0 Å². The zero-order valence-corrected chi connectivity index (χ0v) is 15.9. The van der Waals surface area contributed by atoms with Crippen molar-refractivity contribution in [2.24, 2.45) is 5.92 Å². The van der Waals surface area contributed by atoms with Crippen LogP contribution in [0.25, 0.3) is 0 Å². The summed E-state index contributed by atoms with van der Waals surface area (Å²) < 4.78 is 5.36. The predicted octanol–water partition coefficient (Wildman–Crippen LogP) is 3.30. The first-order valence-electron chi connectivity index (χ1n) is 9.17. The van der Waals surface area contributed by atoms with E-state index in [2.05, 4.69) is 29.3 Å². The Balaban J connectivity index is 1.85. The molecule has 1 aromatic carbocycles. The molecule has 1 amide bonds. The lowest BCUT2D eigenvalue weighted by atomic mass is 9.91. The number of aliphatic hydroxyl groups excluding tert-OH is 1. The minimum atomic E-state index is -0.469. The lowest BCUT2D eigenvalue weighted by Crippen LogP contribution is -2.47. The standard InChI is InChI=1S/C20H32N2O3/c1-15(21-19(24)25-20(2,3)4)18-6-5-11-22(13-18)12-16-7-9-17(14-23)10-8-16/h7-10,15,18,23H,5-6,11-14H2,1-4H3,(H,21,24). The highest BCUT2D eigenvalue weighted by Crippen LogP contribution is 2.22. The van der Waals surface area contributed by atoms with Crippen molar-refractivity contribution in [3.63, 3.8) is 0 Å². The summed E-state index contributed by atoms with van der Waals surface area (Å²) in [5, 5.41) is 12.1. The molecule has 1 aliphatic rings. The SMILES string of the molecule is CC(NC(=O)OC(C)(C)C)C1CCCN(Cc2ccc(CO)cc2)C1. The first kappa shape index (κ1) is 19.7. The number of hydrogen-bond donors (Lipinski definition) is 2. The lowest BCUT2D eigenvalue weighted by Gasteiger charge is -2.36. The normalized spacial score (nSPS) is 20.1. The Hall–Kier alpha value is -1.59. The number of ether oxygens (including phenoxy) is 1. The zero-order chi connectivity index (χ0) is 18.4. The third-order valence-electron chi connectivity index (χ3n) is 4.61. The van der Waals surface area contributed by atoms with Gasteiger partial charge in [-0.3, -0.25) is 4.90 Å². The van der Waals surface area contributed by atoms with Crippen molar-refractivity contribution in [2.45, 2.75) is 65.3 Å². The van der Waals surface area contributed by atoms with Crippen LogP contribution in [-0.2, 0) is 17.9 Å². The molecule has 0 aromatic heterocycles. The van der Waals surface area contributed by atoms with Gasteiger partial charge in [0.15, 0.2) is 0 Å². The number of alkyl carbamates (subject to hydrolysis) is 1. The number of benzene rings is 1. The fourth-order valence-corrected chi connectivity index (χ4v) is 3.26. The molecule has 140 valence electrons. The molecule has 1 heterocycles. The van der Waals surface area contributed by atoms with E-state index in [4.69, 9.17) is 9.84 Å². The molecule has 0 radical (unpaired) electrons. The van der Waals surface area contributed by atoms with Crippen molar-refractivity contribution in [3.8, 4) is 0 Å². The van der Waals surface area contributed by atoms with E-state index in [1.54, 1.807) is 0 Å². The number of rotatable bonds is 5. The van der Waals surface area contributed by atoms with Gasteiger partial charge in [0.1, 0.15) is 5.60 Å². The Labute approximate surface area is 151 Å². The summed E-state index contributed by atoms with van der Waals surface area (Å²) in [4.78, 5) is 14.4. The number of carbonyl (C=O) groups excluding carboxylic acids is 1. The van der Waals surface area contributed by atoms with Gasteiger partial charge in [-0.15, -0.1) is 0 Å². The molecular weight excluding hydrogens is 316 g/mol. The Morgan fingerprint density at radius 2 is 1.96 bits per heavy atom. The minimum absolute atomic E-state index is 0.0833. The summed E-state index contributed by atoms with van der Waals surface area (Å²) in [5.74, 6) is 0.429. The van der Waals surface area contributed by atoms with Gasteiger partial charge in [-0.1, -0.05) is 24.3 Å². The Morgan fingerprint density at radius 3 is 2.56 bits per heavy atom. The number of piperidine rings is 1. The van der Waals surface area contributed by atoms with Gasteiger partial charge in [-0.05, 0) is 64.1 Å². The monoisotopic (exact) mass is 348 g/mol. The van der Waals surface area contributed by atoms with Gasteiger partial charge in [0, 0.05) is 19.1 Å². The molecule has 2 N–H and O–H groups in total. The fraction of sp³-hybridized carbons (Fsp3) is 0.650. The highest BCUT2D eigenvalue weighted by molar-refractivity contribution is 5.68. The molecule has 1 aliphatic heterocycles. The minimum Gasteiger partial charge on any atom is -0.444 e. The van der Waals surface area contributed by atoms with Gasteiger partial charge >= 0.3 is 6.09 Å². The van der Waals surface area contributed by atoms with Crippen LogP contribution in [-0.4, -0.2) is 40.8 Å². The molecule has 1 saturated heterocycles. The molecule has 2 unspecified atom stereocenters. The van der Waals surface area contributed by atoms with Gasteiger partial charge in [-0.2, -0.15) is 0 Å². The highest BCUT2D eigenvalue weighted by Gasteiger charge is 2.27. The van der Waals surface area contributed by atoms with E-state index in [1.165, 1.54) is 5.56 Å². The Kier molecular flexibility index (Phi) is 6.85. The van der Waals surface area contributed by atoms with Gasteiger partial charge in [0.05, 0.1) is 6.61 Å². The van der Waals surface area contributed by atoms with Crippen molar-refractivity contribution in [3.05, 3.63) is 35.4 Å². The molecule has 5 heteroatoms. The van der Waals surface area contributed by atoms with E-state index in [0.29, 0.717) is 5.92 Å². The summed E-state index contributed by atoms with van der Waals surface area (Å²) in [6.45, 7) is 10.7. The summed E-state index contributed by atoms with van der Waals surface area (Å²) in [6.07, 6.45) is 1.92. The van der Waals surface area contributed by atoms with Gasteiger partial charge in [0.25, 0.3) is 0 Å². The third-order valence-corrected chi connectivity index (χ3v) is 4.61. The summed E-state index contributed by atoms with van der Waals surface area (Å²) in [7, 11) is 0. The number of amides is 1. The van der Waals surface area contributed by atoms with Crippen LogP contribution in [0.4, 0.5) is 4.79 Å². The average molecular weight is 348 g/mol. The van der Waals surface area contributed by atoms with Crippen molar-refractivity contribution in [1.82, 2.24) is 10.2 Å². The smallest absolute Gasteiger partial charge is 0.407 e. The first-order chi connectivity index (χ1) is 11.8. The summed E-state index contributed by atoms with van der Waals surface area (Å²) in [5.41, 5.74) is 1.73. The van der Waals surface area contributed by atoms with Crippen LogP contribution < -0.4 is 5.32 Å². The number of nitrogens with zero attached hydrogens (tertiary/aromatic N) is 1. The first-order valence-corrected chi connectivity index (χ1v) is 9.17. The maximum Gasteiger partial charge on any atom is 0.407 e. The van der Waals surface area contributed by atoms with Gasteiger partial charge in [-0.25, -0.2) is 4.79 Å². The van der Waals surface area contributed by atoms with Gasteiger partial charge < -0.3 is 15.2 Å². The predicted molar refractivity (Wildman–Crippen MR) is 99.2 cm³/mol. The topological polar surface area (TPSA) is 61.8 Å². The Morgan fingerprint density at radius 1 is 1.32 bits per heavy atom. The van der Waals surface area contributed by atoms with E-state index in [-0.39, 0.29) is 18.7 Å². The molecule has 0 spiro atoms. The number of nitrogens with one attached hydrogen (secondary N) is 1. The van der Waals surface area contributed by atoms with E-state index in [0.717, 1.165) is 38.0 Å². The van der Waals surface area contributed by atoms with Crippen LogP contribution in [0.1, 0.15) is 51.7 Å². The van der Waals surface area contributed by atoms with E-state index in [1.807, 2.05) is 32.9 Å². The highest BCUT2D eigenvalue weighted by atomic mass is 16.6. The largest absolute Gasteiger partial charge is 0.444 e. The molecule has 1 fully saturated rings. The fourth-order valence-electron chi connectivity index (χ4n) is 3.26. The molecule has 1 aromatic rings. The quantitative estimate of drug-likeness (QED) is 0.857.